The molecule has 0 aliphatic rings. The Morgan fingerprint density at radius 2 is 1.92 bits per heavy atom. The molecule has 0 atom stereocenters. The Kier molecular flexibility index (Phi) is 3.95. The average Bonchev–Trinajstić information content (AvgIpc) is 2.84. The standard InChI is InChI=1S/C14H10F4N4O3/c15-8-3-6(1-2-7(8)14(16,17)18)4-22-11-10(9(5-23)21-22)12(24)20-13(25)19-11/h1-3,23H,4-5H2,(H2,19,20,24,25). The first-order chi connectivity index (χ1) is 11.7. The quantitative estimate of drug-likeness (QED) is 0.610. The molecule has 0 bridgehead atoms. The molecule has 25 heavy (non-hydrogen) atoms. The van der Waals surface area contributed by atoms with Crippen LogP contribution < -0.4 is 11.2 Å². The van der Waals surface area contributed by atoms with E-state index in [1.807, 2.05) is 4.98 Å². The Bertz CT molecular complexity index is 1060. The summed E-state index contributed by atoms with van der Waals surface area (Å²) in [5.74, 6) is -1.45. The van der Waals surface area contributed by atoms with Crippen molar-refractivity contribution in [3.05, 3.63) is 61.7 Å². The van der Waals surface area contributed by atoms with Crippen molar-refractivity contribution in [1.82, 2.24) is 19.7 Å². The van der Waals surface area contributed by atoms with E-state index in [2.05, 4.69) is 10.1 Å². The Hall–Kier alpha value is -2.95. The van der Waals surface area contributed by atoms with Gasteiger partial charge in [-0.25, -0.2) is 13.9 Å². The van der Waals surface area contributed by atoms with Crippen LogP contribution in [0.4, 0.5) is 17.6 Å². The first-order valence-corrected chi connectivity index (χ1v) is 6.89. The second-order valence-electron chi connectivity index (χ2n) is 5.21. The minimum Gasteiger partial charge on any atom is -0.390 e. The van der Waals surface area contributed by atoms with Gasteiger partial charge in [0.15, 0.2) is 0 Å². The molecule has 7 nitrogen and oxygen atoms in total. The highest BCUT2D eigenvalue weighted by atomic mass is 19.4. The molecule has 3 aromatic rings. The summed E-state index contributed by atoms with van der Waals surface area (Å²) in [6.07, 6.45) is -4.82. The van der Waals surface area contributed by atoms with Crippen LogP contribution in [-0.4, -0.2) is 24.9 Å². The van der Waals surface area contributed by atoms with Gasteiger partial charge in [-0.05, 0) is 17.7 Å². The third-order valence-electron chi connectivity index (χ3n) is 3.53. The first-order valence-electron chi connectivity index (χ1n) is 6.89. The fraction of sp³-hybridized carbons (Fsp3) is 0.214. The number of aliphatic hydroxyl groups is 1. The van der Waals surface area contributed by atoms with E-state index in [9.17, 15) is 32.3 Å². The van der Waals surface area contributed by atoms with Crippen molar-refractivity contribution < 1.29 is 22.7 Å². The number of benzene rings is 1. The summed E-state index contributed by atoms with van der Waals surface area (Å²) in [5.41, 5.74) is -2.92. The monoisotopic (exact) mass is 358 g/mol. The number of aliphatic hydroxyl groups excluding tert-OH is 1. The number of aromatic nitrogens is 4. The van der Waals surface area contributed by atoms with Gasteiger partial charge in [-0.2, -0.15) is 18.3 Å². The van der Waals surface area contributed by atoms with Crippen molar-refractivity contribution in [3.8, 4) is 0 Å². The summed E-state index contributed by atoms with van der Waals surface area (Å²) >= 11 is 0. The number of aromatic amines is 2. The maximum Gasteiger partial charge on any atom is 0.419 e. The predicted octanol–water partition coefficient (Wildman–Crippen LogP) is 1.11. The number of nitrogens with one attached hydrogen (secondary N) is 2. The molecular formula is C14H10F4N4O3. The molecule has 0 fully saturated rings. The first kappa shape index (κ1) is 16.9. The zero-order valence-corrected chi connectivity index (χ0v) is 12.3. The van der Waals surface area contributed by atoms with E-state index in [1.165, 1.54) is 0 Å². The van der Waals surface area contributed by atoms with E-state index >= 15 is 0 Å². The van der Waals surface area contributed by atoms with Crippen molar-refractivity contribution in [1.29, 1.82) is 0 Å². The van der Waals surface area contributed by atoms with Crippen molar-refractivity contribution >= 4 is 11.0 Å². The number of fused-ring (bicyclic) bond motifs is 1. The number of H-pyrrole nitrogens is 2. The largest absolute Gasteiger partial charge is 0.419 e. The summed E-state index contributed by atoms with van der Waals surface area (Å²) in [7, 11) is 0. The molecule has 0 radical (unpaired) electrons. The van der Waals surface area contributed by atoms with E-state index in [1.54, 1.807) is 0 Å². The van der Waals surface area contributed by atoms with Gasteiger partial charge in [0.2, 0.25) is 0 Å². The molecule has 3 rings (SSSR count). The van der Waals surface area contributed by atoms with Crippen LogP contribution in [0.2, 0.25) is 0 Å². The molecule has 0 saturated carbocycles. The van der Waals surface area contributed by atoms with E-state index in [4.69, 9.17) is 0 Å². The molecule has 0 spiro atoms. The van der Waals surface area contributed by atoms with E-state index in [-0.39, 0.29) is 28.8 Å². The van der Waals surface area contributed by atoms with E-state index in [0.717, 1.165) is 10.7 Å². The lowest BCUT2D eigenvalue weighted by atomic mass is 10.1. The molecule has 3 N–H and O–H groups in total. The Labute approximate surface area is 135 Å². The Balaban J connectivity index is 2.09. The zero-order chi connectivity index (χ0) is 18.4. The molecule has 1 aromatic carbocycles. The average molecular weight is 358 g/mol. The third-order valence-corrected chi connectivity index (χ3v) is 3.53. The van der Waals surface area contributed by atoms with Gasteiger partial charge in [-0.15, -0.1) is 0 Å². The van der Waals surface area contributed by atoms with Gasteiger partial charge in [0.1, 0.15) is 22.5 Å². The zero-order valence-electron chi connectivity index (χ0n) is 12.3. The lowest BCUT2D eigenvalue weighted by Gasteiger charge is -2.09. The SMILES string of the molecule is O=c1[nH]c(=O)c2c(CO)nn(Cc3ccc(C(F)(F)F)c(F)c3)c2[nH]1. The molecule has 0 unspecified atom stereocenters. The number of hydrogen-bond acceptors (Lipinski definition) is 4. The lowest BCUT2D eigenvalue weighted by molar-refractivity contribution is -0.140. The van der Waals surface area contributed by atoms with E-state index < -0.39 is 35.4 Å². The number of rotatable bonds is 3. The van der Waals surface area contributed by atoms with Gasteiger partial charge in [0.05, 0.1) is 18.7 Å². The van der Waals surface area contributed by atoms with Crippen LogP contribution in [0, 0.1) is 5.82 Å². The summed E-state index contributed by atoms with van der Waals surface area (Å²) in [6.45, 7) is -0.815. The van der Waals surface area contributed by atoms with Gasteiger partial charge in [0, 0.05) is 0 Å². The topological polar surface area (TPSA) is 104 Å². The summed E-state index contributed by atoms with van der Waals surface area (Å²) in [4.78, 5) is 27.6. The number of hydrogen-bond donors (Lipinski definition) is 3. The van der Waals surface area contributed by atoms with Gasteiger partial charge in [0.25, 0.3) is 5.56 Å². The van der Waals surface area contributed by atoms with Gasteiger partial charge in [-0.1, -0.05) is 6.07 Å². The minimum atomic E-state index is -4.82. The minimum absolute atomic E-state index is 0.0279. The van der Waals surface area contributed by atoms with Crippen LogP contribution in [0.25, 0.3) is 11.0 Å². The Morgan fingerprint density at radius 3 is 2.52 bits per heavy atom. The molecular weight excluding hydrogens is 348 g/mol. The molecule has 0 aliphatic heterocycles. The number of halogens is 4. The smallest absolute Gasteiger partial charge is 0.390 e. The second-order valence-corrected chi connectivity index (χ2v) is 5.21. The van der Waals surface area contributed by atoms with Crippen molar-refractivity contribution in [3.63, 3.8) is 0 Å². The predicted molar refractivity (Wildman–Crippen MR) is 77.4 cm³/mol. The van der Waals surface area contributed by atoms with Crippen LogP contribution in [0.3, 0.4) is 0 Å². The maximum atomic E-state index is 13.7. The Morgan fingerprint density at radius 1 is 1.20 bits per heavy atom. The number of alkyl halides is 3. The summed E-state index contributed by atoms with van der Waals surface area (Å²) in [6, 6.07) is 2.35. The molecule has 0 saturated heterocycles. The number of nitrogens with zero attached hydrogens (tertiary/aromatic N) is 2. The lowest BCUT2D eigenvalue weighted by Crippen LogP contribution is -2.22. The molecule has 0 amide bonds. The molecule has 132 valence electrons. The summed E-state index contributed by atoms with van der Waals surface area (Å²) in [5, 5.41) is 13.2. The van der Waals surface area contributed by atoms with Crippen LogP contribution in [0.15, 0.2) is 27.8 Å². The van der Waals surface area contributed by atoms with Crippen molar-refractivity contribution in [2.24, 2.45) is 0 Å². The van der Waals surface area contributed by atoms with Crippen LogP contribution in [0.5, 0.6) is 0 Å². The molecule has 2 aromatic heterocycles. The van der Waals surface area contributed by atoms with Gasteiger partial charge in [-0.3, -0.25) is 14.8 Å². The van der Waals surface area contributed by atoms with Gasteiger partial charge < -0.3 is 5.11 Å². The molecule has 0 aliphatic carbocycles. The fourth-order valence-electron chi connectivity index (χ4n) is 2.47. The van der Waals surface area contributed by atoms with Crippen LogP contribution >= 0.6 is 0 Å². The van der Waals surface area contributed by atoms with Crippen molar-refractivity contribution in [2.75, 3.05) is 0 Å². The highest BCUT2D eigenvalue weighted by Gasteiger charge is 2.33. The van der Waals surface area contributed by atoms with Crippen LogP contribution in [-0.2, 0) is 19.3 Å². The third kappa shape index (κ3) is 3.05. The van der Waals surface area contributed by atoms with Crippen molar-refractivity contribution in [2.45, 2.75) is 19.3 Å². The second kappa shape index (κ2) is 5.84. The maximum absolute atomic E-state index is 13.7. The van der Waals surface area contributed by atoms with Crippen LogP contribution in [0.1, 0.15) is 16.8 Å². The fourth-order valence-corrected chi connectivity index (χ4v) is 2.47. The molecule has 2 heterocycles. The highest BCUT2D eigenvalue weighted by molar-refractivity contribution is 5.76. The normalized spacial score (nSPS) is 12.0. The van der Waals surface area contributed by atoms with E-state index in [0.29, 0.717) is 12.1 Å². The summed E-state index contributed by atoms with van der Waals surface area (Å²) < 4.78 is 52.5. The van der Waals surface area contributed by atoms with Gasteiger partial charge >= 0.3 is 11.9 Å². The molecule has 11 heteroatoms. The highest BCUT2D eigenvalue weighted by Crippen LogP contribution is 2.31.